The average molecular weight is 168 g/mol. The molecule has 1 nitrogen and oxygen atoms in total. The molecule has 11 heavy (non-hydrogen) atoms. The van der Waals surface area contributed by atoms with Crippen LogP contribution in [0, 0.1) is 0 Å². The van der Waals surface area contributed by atoms with Gasteiger partial charge in [0.25, 0.3) is 0 Å². The number of halogens is 1. The molecule has 0 aromatic carbocycles. The summed E-state index contributed by atoms with van der Waals surface area (Å²) >= 11 is 6.00. The highest BCUT2D eigenvalue weighted by Crippen LogP contribution is 2.25. The van der Waals surface area contributed by atoms with Crippen molar-refractivity contribution in [3.63, 3.8) is 0 Å². The zero-order chi connectivity index (χ0) is 7.68. The van der Waals surface area contributed by atoms with Crippen LogP contribution in [0.25, 0.3) is 0 Å². The summed E-state index contributed by atoms with van der Waals surface area (Å²) in [5, 5.41) is 0.898. The van der Waals surface area contributed by atoms with Crippen molar-refractivity contribution in [1.29, 1.82) is 0 Å². The van der Waals surface area contributed by atoms with Gasteiger partial charge >= 0.3 is 0 Å². The number of rotatable bonds is 0. The largest absolute Gasteiger partial charge is 0.261 e. The van der Waals surface area contributed by atoms with Crippen LogP contribution in [0.1, 0.15) is 24.1 Å². The lowest BCUT2D eigenvalue weighted by Gasteiger charge is -2.14. The quantitative estimate of drug-likeness (QED) is 0.579. The van der Waals surface area contributed by atoms with Gasteiger partial charge in [-0.15, -0.1) is 0 Å². The molecule has 1 aliphatic carbocycles. The third kappa shape index (κ3) is 1.25. The Balaban J connectivity index is 2.49. The minimum Gasteiger partial charge on any atom is -0.261 e. The number of fused-ring (bicyclic) bond motifs is 1. The van der Waals surface area contributed by atoms with Gasteiger partial charge in [-0.3, -0.25) is 4.98 Å². The molecule has 1 aliphatic rings. The zero-order valence-corrected chi connectivity index (χ0v) is 7.06. The van der Waals surface area contributed by atoms with Gasteiger partial charge < -0.3 is 0 Å². The minimum atomic E-state index is 0.898. The lowest BCUT2D eigenvalue weighted by Crippen LogP contribution is -2.04. The number of hydrogen-bond donors (Lipinski definition) is 0. The molecule has 0 amide bonds. The maximum Gasteiger partial charge on any atom is 0.0471 e. The van der Waals surface area contributed by atoms with Crippen molar-refractivity contribution >= 4 is 11.6 Å². The van der Waals surface area contributed by atoms with Gasteiger partial charge in [-0.05, 0) is 37.3 Å². The summed E-state index contributed by atoms with van der Waals surface area (Å²) < 4.78 is 0. The molecule has 1 aromatic heterocycles. The van der Waals surface area contributed by atoms with Gasteiger partial charge in [-0.25, -0.2) is 0 Å². The van der Waals surface area contributed by atoms with Gasteiger partial charge in [0.05, 0.1) is 0 Å². The Kier molecular flexibility index (Phi) is 1.82. The molecular formula is C9H10ClN. The Labute approximate surface area is 71.4 Å². The zero-order valence-electron chi connectivity index (χ0n) is 6.31. The van der Waals surface area contributed by atoms with Crippen molar-refractivity contribution in [2.24, 2.45) is 0 Å². The molecule has 0 N–H and O–H groups in total. The van der Waals surface area contributed by atoms with E-state index in [1.165, 1.54) is 24.1 Å². The number of pyridine rings is 1. The van der Waals surface area contributed by atoms with E-state index >= 15 is 0 Å². The van der Waals surface area contributed by atoms with Crippen LogP contribution >= 0.6 is 11.6 Å². The molecule has 0 aliphatic heterocycles. The first-order valence-electron chi connectivity index (χ1n) is 4.00. The Hall–Kier alpha value is -0.560. The first kappa shape index (κ1) is 7.11. The molecule has 1 heterocycles. The van der Waals surface area contributed by atoms with Crippen molar-refractivity contribution in [3.8, 4) is 0 Å². The third-order valence-corrected chi connectivity index (χ3v) is 2.53. The van der Waals surface area contributed by atoms with Gasteiger partial charge in [0.15, 0.2) is 0 Å². The van der Waals surface area contributed by atoms with Gasteiger partial charge in [0.1, 0.15) is 0 Å². The SMILES string of the molecule is Clc1ccnc2c1CCCC2. The highest BCUT2D eigenvalue weighted by Gasteiger charge is 2.12. The second kappa shape index (κ2) is 2.82. The van der Waals surface area contributed by atoms with E-state index in [2.05, 4.69) is 4.98 Å². The summed E-state index contributed by atoms with van der Waals surface area (Å²) in [7, 11) is 0. The summed E-state index contributed by atoms with van der Waals surface area (Å²) in [6.45, 7) is 0. The summed E-state index contributed by atoms with van der Waals surface area (Å²) in [6.07, 6.45) is 6.54. The summed E-state index contributed by atoms with van der Waals surface area (Å²) in [4.78, 5) is 4.30. The molecule has 0 saturated heterocycles. The van der Waals surface area contributed by atoms with Crippen molar-refractivity contribution in [2.75, 3.05) is 0 Å². The second-order valence-corrected chi connectivity index (χ2v) is 3.33. The van der Waals surface area contributed by atoms with Gasteiger partial charge in [-0.1, -0.05) is 11.6 Å². The molecule has 0 unspecified atom stereocenters. The molecule has 0 saturated carbocycles. The van der Waals surface area contributed by atoms with E-state index in [-0.39, 0.29) is 0 Å². The molecule has 0 atom stereocenters. The number of hydrogen-bond acceptors (Lipinski definition) is 1. The van der Waals surface area contributed by atoms with E-state index in [9.17, 15) is 0 Å². The smallest absolute Gasteiger partial charge is 0.0471 e. The van der Waals surface area contributed by atoms with E-state index in [4.69, 9.17) is 11.6 Å². The Morgan fingerprint density at radius 3 is 2.91 bits per heavy atom. The molecule has 58 valence electrons. The molecule has 0 bridgehead atoms. The maximum absolute atomic E-state index is 6.00. The Morgan fingerprint density at radius 1 is 1.27 bits per heavy atom. The summed E-state index contributed by atoms with van der Waals surface area (Å²) in [6, 6.07) is 1.88. The minimum absolute atomic E-state index is 0.898. The molecule has 0 fully saturated rings. The summed E-state index contributed by atoms with van der Waals surface area (Å²) in [5.74, 6) is 0. The van der Waals surface area contributed by atoms with E-state index in [1.54, 1.807) is 6.20 Å². The lowest BCUT2D eigenvalue weighted by atomic mass is 9.96. The van der Waals surface area contributed by atoms with Crippen molar-refractivity contribution in [2.45, 2.75) is 25.7 Å². The molecular weight excluding hydrogens is 158 g/mol. The fraction of sp³-hybridized carbons (Fsp3) is 0.444. The van der Waals surface area contributed by atoms with Crippen LogP contribution in [-0.2, 0) is 12.8 Å². The Morgan fingerprint density at radius 2 is 2.09 bits per heavy atom. The van der Waals surface area contributed by atoms with E-state index in [0.29, 0.717) is 0 Å². The van der Waals surface area contributed by atoms with Gasteiger partial charge in [0, 0.05) is 16.9 Å². The number of nitrogens with zero attached hydrogens (tertiary/aromatic N) is 1. The summed E-state index contributed by atoms with van der Waals surface area (Å²) in [5.41, 5.74) is 2.49. The van der Waals surface area contributed by atoms with Gasteiger partial charge in [0.2, 0.25) is 0 Å². The van der Waals surface area contributed by atoms with Crippen LogP contribution in [0.5, 0.6) is 0 Å². The van der Waals surface area contributed by atoms with E-state index in [0.717, 1.165) is 17.9 Å². The van der Waals surface area contributed by atoms with Crippen LogP contribution in [0.4, 0.5) is 0 Å². The highest BCUT2D eigenvalue weighted by molar-refractivity contribution is 6.31. The third-order valence-electron chi connectivity index (χ3n) is 2.18. The predicted molar refractivity (Wildman–Crippen MR) is 45.9 cm³/mol. The van der Waals surface area contributed by atoms with Crippen LogP contribution in [0.15, 0.2) is 12.3 Å². The van der Waals surface area contributed by atoms with Crippen LogP contribution < -0.4 is 0 Å². The standard InChI is InChI=1S/C9H10ClN/c10-8-5-6-11-9-4-2-1-3-7(8)9/h5-6H,1-4H2. The van der Waals surface area contributed by atoms with Crippen LogP contribution in [0.2, 0.25) is 5.02 Å². The highest BCUT2D eigenvalue weighted by atomic mass is 35.5. The second-order valence-electron chi connectivity index (χ2n) is 2.93. The monoisotopic (exact) mass is 167 g/mol. The van der Waals surface area contributed by atoms with E-state index < -0.39 is 0 Å². The molecule has 1 aromatic rings. The van der Waals surface area contributed by atoms with Crippen molar-refractivity contribution < 1.29 is 0 Å². The topological polar surface area (TPSA) is 12.9 Å². The molecule has 0 spiro atoms. The van der Waals surface area contributed by atoms with Crippen LogP contribution in [-0.4, -0.2) is 4.98 Å². The van der Waals surface area contributed by atoms with Crippen LogP contribution in [0.3, 0.4) is 0 Å². The Bertz CT molecular complexity index is 270. The molecule has 0 radical (unpaired) electrons. The molecule has 2 heteroatoms. The normalized spacial score (nSPS) is 16.1. The van der Waals surface area contributed by atoms with Crippen molar-refractivity contribution in [3.05, 3.63) is 28.5 Å². The number of aryl methyl sites for hydroxylation is 1. The molecule has 2 rings (SSSR count). The van der Waals surface area contributed by atoms with Crippen molar-refractivity contribution in [1.82, 2.24) is 4.98 Å². The first-order valence-corrected chi connectivity index (χ1v) is 4.38. The fourth-order valence-corrected chi connectivity index (χ4v) is 1.84. The van der Waals surface area contributed by atoms with E-state index in [1.807, 2.05) is 6.07 Å². The predicted octanol–water partition coefficient (Wildman–Crippen LogP) is 2.61. The van der Waals surface area contributed by atoms with Gasteiger partial charge in [-0.2, -0.15) is 0 Å². The average Bonchev–Trinajstić information content (AvgIpc) is 2.06. The maximum atomic E-state index is 6.00. The fourth-order valence-electron chi connectivity index (χ4n) is 1.58. The lowest BCUT2D eigenvalue weighted by molar-refractivity contribution is 0.668. The number of aromatic nitrogens is 1. The first-order chi connectivity index (χ1) is 5.38.